The Labute approximate surface area is 164 Å². The first-order chi connectivity index (χ1) is 13.5. The molecule has 2 aromatic carbocycles. The van der Waals surface area contributed by atoms with E-state index in [9.17, 15) is 9.59 Å². The summed E-state index contributed by atoms with van der Waals surface area (Å²) in [4.78, 5) is 25.2. The molecule has 144 valence electrons. The Balaban J connectivity index is 1.69. The van der Waals surface area contributed by atoms with Crippen molar-refractivity contribution in [3.8, 4) is 0 Å². The van der Waals surface area contributed by atoms with E-state index in [2.05, 4.69) is 15.7 Å². The summed E-state index contributed by atoms with van der Waals surface area (Å²) >= 11 is 0. The number of nitrogens with zero attached hydrogens (tertiary/aromatic N) is 2. The van der Waals surface area contributed by atoms with Crippen molar-refractivity contribution in [1.29, 1.82) is 0 Å². The standard InChI is InChI=1S/C22H24N4O2/c1-15-19(16(2)26(3)25-15)13-21(27)24-20-12-8-7-11-18(20)22(28)23-14-17-9-5-4-6-10-17/h4-12H,13-14H2,1-3H3,(H,23,28)(H,24,27). The number of carbonyl (C=O) groups is 2. The molecule has 6 nitrogen and oxygen atoms in total. The Hall–Kier alpha value is -3.41. The summed E-state index contributed by atoms with van der Waals surface area (Å²) in [5.41, 5.74) is 4.65. The zero-order chi connectivity index (χ0) is 20.1. The van der Waals surface area contributed by atoms with E-state index in [1.165, 1.54) is 0 Å². The third-order valence-electron chi connectivity index (χ3n) is 4.74. The number of hydrogen-bond donors (Lipinski definition) is 2. The largest absolute Gasteiger partial charge is 0.348 e. The van der Waals surface area contributed by atoms with E-state index < -0.39 is 0 Å². The lowest BCUT2D eigenvalue weighted by Gasteiger charge is -2.12. The molecular weight excluding hydrogens is 352 g/mol. The van der Waals surface area contributed by atoms with E-state index >= 15 is 0 Å². The summed E-state index contributed by atoms with van der Waals surface area (Å²) in [6.07, 6.45) is 0.214. The van der Waals surface area contributed by atoms with Gasteiger partial charge in [-0.3, -0.25) is 14.3 Å². The van der Waals surface area contributed by atoms with Gasteiger partial charge in [-0.15, -0.1) is 0 Å². The average molecular weight is 376 g/mol. The molecule has 0 aliphatic carbocycles. The van der Waals surface area contributed by atoms with Crippen LogP contribution in [0.3, 0.4) is 0 Å². The second-order valence-corrected chi connectivity index (χ2v) is 6.71. The number of rotatable bonds is 6. The predicted molar refractivity (Wildman–Crippen MR) is 109 cm³/mol. The van der Waals surface area contributed by atoms with Gasteiger partial charge >= 0.3 is 0 Å². The molecule has 0 aliphatic rings. The number of benzene rings is 2. The maximum absolute atomic E-state index is 12.6. The van der Waals surface area contributed by atoms with E-state index in [1.54, 1.807) is 28.9 Å². The summed E-state index contributed by atoms with van der Waals surface area (Å²) in [6.45, 7) is 4.25. The van der Waals surface area contributed by atoms with Crippen LogP contribution >= 0.6 is 0 Å². The minimum Gasteiger partial charge on any atom is -0.348 e. The molecule has 0 saturated heterocycles. The van der Waals surface area contributed by atoms with E-state index in [0.717, 1.165) is 22.5 Å². The van der Waals surface area contributed by atoms with Crippen LogP contribution in [0.5, 0.6) is 0 Å². The zero-order valence-corrected chi connectivity index (χ0v) is 16.3. The first-order valence-corrected chi connectivity index (χ1v) is 9.15. The maximum Gasteiger partial charge on any atom is 0.253 e. The molecule has 0 aliphatic heterocycles. The maximum atomic E-state index is 12.6. The Bertz CT molecular complexity index is 993. The summed E-state index contributed by atoms with van der Waals surface area (Å²) in [6, 6.07) is 16.7. The van der Waals surface area contributed by atoms with Gasteiger partial charge in [-0.1, -0.05) is 42.5 Å². The quantitative estimate of drug-likeness (QED) is 0.694. The van der Waals surface area contributed by atoms with Crippen LogP contribution in [-0.4, -0.2) is 21.6 Å². The molecule has 0 radical (unpaired) electrons. The van der Waals surface area contributed by atoms with Gasteiger partial charge in [-0.2, -0.15) is 5.10 Å². The van der Waals surface area contributed by atoms with Crippen LogP contribution in [-0.2, 0) is 24.8 Å². The van der Waals surface area contributed by atoms with Crippen molar-refractivity contribution in [2.45, 2.75) is 26.8 Å². The molecule has 1 aromatic heterocycles. The Morgan fingerprint density at radius 1 is 1.00 bits per heavy atom. The number of carbonyl (C=O) groups excluding carboxylic acids is 2. The Morgan fingerprint density at radius 3 is 2.36 bits per heavy atom. The number of aromatic nitrogens is 2. The van der Waals surface area contributed by atoms with Gasteiger partial charge in [0.05, 0.1) is 23.4 Å². The van der Waals surface area contributed by atoms with Crippen LogP contribution in [0.15, 0.2) is 54.6 Å². The van der Waals surface area contributed by atoms with Crippen molar-refractivity contribution in [2.24, 2.45) is 7.05 Å². The van der Waals surface area contributed by atoms with E-state index in [1.807, 2.05) is 51.2 Å². The van der Waals surface area contributed by atoms with Crippen LogP contribution in [0, 0.1) is 13.8 Å². The van der Waals surface area contributed by atoms with Crippen molar-refractivity contribution < 1.29 is 9.59 Å². The molecule has 0 atom stereocenters. The zero-order valence-electron chi connectivity index (χ0n) is 16.3. The molecular formula is C22H24N4O2. The smallest absolute Gasteiger partial charge is 0.253 e. The number of hydrogen-bond acceptors (Lipinski definition) is 3. The molecule has 0 fully saturated rings. The molecule has 28 heavy (non-hydrogen) atoms. The second-order valence-electron chi connectivity index (χ2n) is 6.71. The fourth-order valence-electron chi connectivity index (χ4n) is 3.09. The predicted octanol–water partition coefficient (Wildman–Crippen LogP) is 3.15. The minimum absolute atomic E-state index is 0.178. The third-order valence-corrected chi connectivity index (χ3v) is 4.74. The number of amides is 2. The number of nitrogens with one attached hydrogen (secondary N) is 2. The molecule has 0 unspecified atom stereocenters. The van der Waals surface area contributed by atoms with Gasteiger partial charge in [0.2, 0.25) is 5.91 Å². The van der Waals surface area contributed by atoms with E-state index in [4.69, 9.17) is 0 Å². The highest BCUT2D eigenvalue weighted by molar-refractivity contribution is 6.04. The SMILES string of the molecule is Cc1nn(C)c(C)c1CC(=O)Nc1ccccc1C(=O)NCc1ccccc1. The highest BCUT2D eigenvalue weighted by atomic mass is 16.2. The van der Waals surface area contributed by atoms with Gasteiger partial charge < -0.3 is 10.6 Å². The summed E-state index contributed by atoms with van der Waals surface area (Å²) in [5, 5.41) is 10.1. The molecule has 0 saturated carbocycles. The first-order valence-electron chi connectivity index (χ1n) is 9.15. The number of anilines is 1. The lowest BCUT2D eigenvalue weighted by molar-refractivity contribution is -0.115. The fraction of sp³-hybridized carbons (Fsp3) is 0.227. The molecule has 6 heteroatoms. The minimum atomic E-state index is -0.228. The molecule has 3 aromatic rings. The van der Waals surface area contributed by atoms with E-state index in [-0.39, 0.29) is 18.2 Å². The van der Waals surface area contributed by atoms with Crippen LogP contribution < -0.4 is 10.6 Å². The summed E-state index contributed by atoms with van der Waals surface area (Å²) < 4.78 is 1.77. The summed E-state index contributed by atoms with van der Waals surface area (Å²) in [5.74, 6) is -0.406. The third kappa shape index (κ3) is 4.46. The van der Waals surface area contributed by atoms with Gasteiger partial charge in [-0.25, -0.2) is 0 Å². The average Bonchev–Trinajstić information content (AvgIpc) is 2.93. The van der Waals surface area contributed by atoms with Crippen LogP contribution in [0.25, 0.3) is 0 Å². The molecule has 1 heterocycles. The number of para-hydroxylation sites is 1. The monoisotopic (exact) mass is 376 g/mol. The topological polar surface area (TPSA) is 76.0 Å². The lowest BCUT2D eigenvalue weighted by Crippen LogP contribution is -2.25. The first kappa shape index (κ1) is 19.4. The van der Waals surface area contributed by atoms with Crippen LogP contribution in [0.2, 0.25) is 0 Å². The van der Waals surface area contributed by atoms with Crippen molar-refractivity contribution in [2.75, 3.05) is 5.32 Å². The molecule has 0 bridgehead atoms. The highest BCUT2D eigenvalue weighted by Gasteiger charge is 2.16. The molecule has 3 rings (SSSR count). The van der Waals surface area contributed by atoms with Gasteiger partial charge in [0.1, 0.15) is 0 Å². The van der Waals surface area contributed by atoms with Gasteiger partial charge in [-0.05, 0) is 31.5 Å². The van der Waals surface area contributed by atoms with Crippen molar-refractivity contribution >= 4 is 17.5 Å². The van der Waals surface area contributed by atoms with Crippen molar-refractivity contribution in [3.63, 3.8) is 0 Å². The van der Waals surface area contributed by atoms with Gasteiger partial charge in [0.15, 0.2) is 0 Å². The van der Waals surface area contributed by atoms with Crippen LogP contribution in [0.1, 0.15) is 32.9 Å². The van der Waals surface area contributed by atoms with Crippen LogP contribution in [0.4, 0.5) is 5.69 Å². The highest BCUT2D eigenvalue weighted by Crippen LogP contribution is 2.18. The summed E-state index contributed by atoms with van der Waals surface area (Å²) in [7, 11) is 1.86. The van der Waals surface area contributed by atoms with E-state index in [0.29, 0.717) is 17.8 Å². The molecule has 0 spiro atoms. The number of aryl methyl sites for hydroxylation is 2. The molecule has 2 N–H and O–H groups in total. The van der Waals surface area contributed by atoms with Gasteiger partial charge in [0.25, 0.3) is 5.91 Å². The normalized spacial score (nSPS) is 10.5. The lowest BCUT2D eigenvalue weighted by atomic mass is 10.1. The Morgan fingerprint density at radius 2 is 1.68 bits per heavy atom. The van der Waals surface area contributed by atoms with Crippen molar-refractivity contribution in [1.82, 2.24) is 15.1 Å². The molecule has 2 amide bonds. The van der Waals surface area contributed by atoms with Crippen molar-refractivity contribution in [3.05, 3.63) is 82.7 Å². The Kier molecular flexibility index (Phi) is 5.89. The fourth-order valence-corrected chi connectivity index (χ4v) is 3.09. The second kappa shape index (κ2) is 8.52. The van der Waals surface area contributed by atoms with Gasteiger partial charge in [0, 0.05) is 24.8 Å².